The summed E-state index contributed by atoms with van der Waals surface area (Å²) in [5, 5.41) is 2.47. The number of hydrazine groups is 1. The molecule has 0 aliphatic heterocycles. The number of benzene rings is 3. The average Bonchev–Trinajstić information content (AvgIpc) is 2.84. The predicted octanol–water partition coefficient (Wildman–Crippen LogP) is 4.79. The Morgan fingerprint density at radius 1 is 0.853 bits per heavy atom. The molecule has 176 valence electrons. The van der Waals surface area contributed by atoms with Gasteiger partial charge in [-0.2, -0.15) is 0 Å². The van der Waals surface area contributed by atoms with Crippen LogP contribution in [0.5, 0.6) is 11.5 Å². The van der Waals surface area contributed by atoms with Crippen LogP contribution >= 0.6 is 44.1 Å². The summed E-state index contributed by atoms with van der Waals surface area (Å²) in [7, 11) is 1.54. The molecule has 0 heterocycles. The number of thiocarbonyl (C=S) groups is 1. The van der Waals surface area contributed by atoms with E-state index < -0.39 is 11.8 Å². The highest BCUT2D eigenvalue weighted by atomic mass is 79.9. The van der Waals surface area contributed by atoms with Crippen LogP contribution in [0.25, 0.3) is 0 Å². The van der Waals surface area contributed by atoms with Gasteiger partial charge in [-0.1, -0.05) is 30.3 Å². The van der Waals surface area contributed by atoms with Gasteiger partial charge in [-0.05, 0) is 86.0 Å². The Balaban J connectivity index is 1.48. The minimum atomic E-state index is -0.435. The second-order valence-electron chi connectivity index (χ2n) is 6.94. The van der Waals surface area contributed by atoms with E-state index in [2.05, 4.69) is 48.0 Å². The molecule has 0 bridgehead atoms. The number of hydrogen-bond donors (Lipinski definition) is 3. The molecule has 3 N–H and O–H groups in total. The first kappa shape index (κ1) is 25.7. The third kappa shape index (κ3) is 7.28. The van der Waals surface area contributed by atoms with Gasteiger partial charge in [-0.25, -0.2) is 0 Å². The highest BCUT2D eigenvalue weighted by molar-refractivity contribution is 9.10. The molecule has 0 saturated heterocycles. The third-order valence-electron chi connectivity index (χ3n) is 4.62. The van der Waals surface area contributed by atoms with Crippen molar-refractivity contribution < 1.29 is 19.1 Å². The predicted molar refractivity (Wildman–Crippen MR) is 141 cm³/mol. The van der Waals surface area contributed by atoms with Crippen LogP contribution in [0.3, 0.4) is 0 Å². The van der Waals surface area contributed by atoms with Crippen LogP contribution in [0.4, 0.5) is 0 Å². The maximum atomic E-state index is 12.5. The normalized spacial score (nSPS) is 10.2. The van der Waals surface area contributed by atoms with Crippen molar-refractivity contribution in [2.24, 2.45) is 0 Å². The molecule has 2 amide bonds. The van der Waals surface area contributed by atoms with Gasteiger partial charge in [0.05, 0.1) is 22.7 Å². The molecule has 3 aromatic carbocycles. The summed E-state index contributed by atoms with van der Waals surface area (Å²) in [5.74, 6) is 0.368. The summed E-state index contributed by atoms with van der Waals surface area (Å²) in [6, 6.07) is 19.9. The topological polar surface area (TPSA) is 88.7 Å². The third-order valence-corrected chi connectivity index (χ3v) is 6.06. The summed E-state index contributed by atoms with van der Waals surface area (Å²) < 4.78 is 12.2. The molecule has 3 rings (SSSR count). The second-order valence-corrected chi connectivity index (χ2v) is 9.06. The minimum Gasteiger partial charge on any atom is -0.496 e. The molecule has 0 aliphatic carbocycles. The summed E-state index contributed by atoms with van der Waals surface area (Å²) >= 11 is 11.9. The number of hydrogen-bond acceptors (Lipinski definition) is 5. The fraction of sp³-hybridized carbons (Fsp3) is 0.125. The van der Waals surface area contributed by atoms with Crippen molar-refractivity contribution in [3.05, 3.63) is 92.4 Å². The van der Waals surface area contributed by atoms with Gasteiger partial charge < -0.3 is 9.47 Å². The average molecular weight is 607 g/mol. The van der Waals surface area contributed by atoms with E-state index in [0.717, 1.165) is 6.42 Å². The molecule has 0 fully saturated rings. The van der Waals surface area contributed by atoms with E-state index >= 15 is 0 Å². The maximum absolute atomic E-state index is 12.5. The van der Waals surface area contributed by atoms with Crippen molar-refractivity contribution in [2.75, 3.05) is 13.7 Å². The van der Waals surface area contributed by atoms with E-state index in [1.807, 2.05) is 30.3 Å². The van der Waals surface area contributed by atoms with E-state index in [9.17, 15) is 9.59 Å². The summed E-state index contributed by atoms with van der Waals surface area (Å²) in [6.45, 7) is 0.507. The number of carbonyl (C=O) groups is 2. The molecule has 7 nitrogen and oxygen atoms in total. The number of amides is 2. The Hall–Kier alpha value is -2.95. The molecule has 0 atom stereocenters. The van der Waals surface area contributed by atoms with Crippen LogP contribution in [-0.2, 0) is 6.42 Å². The van der Waals surface area contributed by atoms with Gasteiger partial charge in [0.2, 0.25) is 0 Å². The van der Waals surface area contributed by atoms with Crippen molar-refractivity contribution in [1.82, 2.24) is 16.2 Å². The van der Waals surface area contributed by atoms with Gasteiger partial charge in [0.15, 0.2) is 5.11 Å². The molecule has 0 unspecified atom stereocenters. The fourth-order valence-electron chi connectivity index (χ4n) is 2.88. The Morgan fingerprint density at radius 2 is 1.47 bits per heavy atom. The first-order chi connectivity index (χ1) is 16.4. The van der Waals surface area contributed by atoms with Gasteiger partial charge >= 0.3 is 0 Å². The summed E-state index contributed by atoms with van der Waals surface area (Å²) in [4.78, 5) is 24.8. The zero-order chi connectivity index (χ0) is 24.5. The smallest absolute Gasteiger partial charge is 0.269 e. The number of methoxy groups -OCH3 is 1. The number of rotatable bonds is 7. The lowest BCUT2D eigenvalue weighted by atomic mass is 10.2. The van der Waals surface area contributed by atoms with Gasteiger partial charge in [0, 0.05) is 17.5 Å². The Labute approximate surface area is 219 Å². The Bertz CT molecular complexity index is 1190. The molecule has 3 aromatic rings. The van der Waals surface area contributed by atoms with E-state index in [0.29, 0.717) is 38.2 Å². The van der Waals surface area contributed by atoms with Crippen molar-refractivity contribution in [3.8, 4) is 11.5 Å². The second kappa shape index (κ2) is 12.5. The SMILES string of the molecule is COc1ccc(C(=O)NNC(=S)NC(=O)c2ccc(OCCc3ccccc3)c(Br)c2)cc1Br. The lowest BCUT2D eigenvalue weighted by Gasteiger charge is -2.13. The van der Waals surface area contributed by atoms with Crippen molar-refractivity contribution >= 4 is 61.0 Å². The number of carbonyl (C=O) groups excluding carboxylic acids is 2. The molecule has 0 saturated carbocycles. The molecule has 0 radical (unpaired) electrons. The monoisotopic (exact) mass is 605 g/mol. The minimum absolute atomic E-state index is 0.0507. The van der Waals surface area contributed by atoms with Crippen molar-refractivity contribution in [1.29, 1.82) is 0 Å². The zero-order valence-electron chi connectivity index (χ0n) is 18.1. The van der Waals surface area contributed by atoms with Gasteiger partial charge in [0.25, 0.3) is 11.8 Å². The number of halogens is 2. The van der Waals surface area contributed by atoms with E-state index in [1.165, 1.54) is 12.7 Å². The Kier molecular flexibility index (Phi) is 9.43. The Morgan fingerprint density at radius 3 is 2.09 bits per heavy atom. The van der Waals surface area contributed by atoms with Gasteiger partial charge in [-0.3, -0.25) is 25.8 Å². The highest BCUT2D eigenvalue weighted by Gasteiger charge is 2.13. The van der Waals surface area contributed by atoms with Crippen LogP contribution < -0.4 is 25.6 Å². The van der Waals surface area contributed by atoms with Crippen LogP contribution in [0.1, 0.15) is 26.3 Å². The van der Waals surface area contributed by atoms with Crippen molar-refractivity contribution in [2.45, 2.75) is 6.42 Å². The highest BCUT2D eigenvalue weighted by Crippen LogP contribution is 2.27. The van der Waals surface area contributed by atoms with Crippen LogP contribution in [0.2, 0.25) is 0 Å². The largest absolute Gasteiger partial charge is 0.496 e. The maximum Gasteiger partial charge on any atom is 0.269 e. The van der Waals surface area contributed by atoms with E-state index in [-0.39, 0.29) is 5.11 Å². The van der Waals surface area contributed by atoms with Crippen LogP contribution in [0.15, 0.2) is 75.7 Å². The molecular formula is C24H21Br2N3O4S. The molecule has 0 aromatic heterocycles. The van der Waals surface area contributed by atoms with E-state index in [4.69, 9.17) is 21.7 Å². The quantitative estimate of drug-likeness (QED) is 0.265. The molecule has 10 heteroatoms. The molecular weight excluding hydrogens is 586 g/mol. The first-order valence-corrected chi connectivity index (χ1v) is 12.1. The summed E-state index contributed by atoms with van der Waals surface area (Å²) in [5.41, 5.74) is 6.89. The van der Waals surface area contributed by atoms with Crippen LogP contribution in [-0.4, -0.2) is 30.6 Å². The lowest BCUT2D eigenvalue weighted by molar-refractivity contribution is 0.0934. The summed E-state index contributed by atoms with van der Waals surface area (Å²) in [6.07, 6.45) is 0.772. The molecule has 34 heavy (non-hydrogen) atoms. The standard InChI is InChI=1S/C24H21Br2N3O4S/c1-32-20-9-7-17(14-18(20)25)23(31)28-29-24(34)27-22(30)16-8-10-21(19(26)13-16)33-12-11-15-5-3-2-4-6-15/h2-10,13-14H,11-12H2,1H3,(H,28,31)(H2,27,29,30,34). The van der Waals surface area contributed by atoms with Crippen LogP contribution in [0, 0.1) is 0 Å². The number of ether oxygens (including phenoxy) is 2. The molecule has 0 spiro atoms. The zero-order valence-corrected chi connectivity index (χ0v) is 22.1. The van der Waals surface area contributed by atoms with Gasteiger partial charge in [-0.15, -0.1) is 0 Å². The fourth-order valence-corrected chi connectivity index (χ4v) is 4.06. The number of nitrogens with one attached hydrogen (secondary N) is 3. The lowest BCUT2D eigenvalue weighted by Crippen LogP contribution is -2.48. The first-order valence-electron chi connectivity index (χ1n) is 10.1. The van der Waals surface area contributed by atoms with Crippen molar-refractivity contribution in [3.63, 3.8) is 0 Å². The van der Waals surface area contributed by atoms with E-state index in [1.54, 1.807) is 36.4 Å². The van der Waals surface area contributed by atoms with Gasteiger partial charge in [0.1, 0.15) is 11.5 Å². The molecule has 0 aliphatic rings.